The van der Waals surface area contributed by atoms with E-state index in [2.05, 4.69) is 4.90 Å². The van der Waals surface area contributed by atoms with Crippen molar-refractivity contribution >= 4 is 11.9 Å². The average molecular weight is 279 g/mol. The third-order valence-corrected chi connectivity index (χ3v) is 5.14. The van der Waals surface area contributed by atoms with E-state index < -0.39 is 0 Å². The Morgan fingerprint density at radius 1 is 1.10 bits per heavy atom. The van der Waals surface area contributed by atoms with E-state index in [1.165, 1.54) is 14.2 Å². The van der Waals surface area contributed by atoms with Crippen LogP contribution < -0.4 is 0 Å². The van der Waals surface area contributed by atoms with E-state index in [4.69, 9.17) is 9.47 Å². The summed E-state index contributed by atoms with van der Waals surface area (Å²) in [5, 5.41) is 0. The van der Waals surface area contributed by atoms with E-state index >= 15 is 0 Å². The fourth-order valence-corrected chi connectivity index (χ4v) is 4.40. The Labute approximate surface area is 118 Å². The van der Waals surface area contributed by atoms with Gasteiger partial charge in [0.1, 0.15) is 0 Å². The van der Waals surface area contributed by atoms with Crippen LogP contribution in [0.3, 0.4) is 0 Å². The van der Waals surface area contributed by atoms with E-state index in [9.17, 15) is 9.59 Å². The van der Waals surface area contributed by atoms with Crippen molar-refractivity contribution in [1.82, 2.24) is 4.90 Å². The van der Waals surface area contributed by atoms with Gasteiger partial charge in [0.15, 0.2) is 0 Å². The van der Waals surface area contributed by atoms with Crippen molar-refractivity contribution in [3.05, 3.63) is 11.1 Å². The molecule has 5 nitrogen and oxygen atoms in total. The van der Waals surface area contributed by atoms with Gasteiger partial charge in [0.2, 0.25) is 0 Å². The largest absolute Gasteiger partial charge is 0.466 e. The molecule has 1 saturated carbocycles. The van der Waals surface area contributed by atoms with Gasteiger partial charge in [0.25, 0.3) is 0 Å². The predicted molar refractivity (Wildman–Crippen MR) is 71.9 cm³/mol. The highest BCUT2D eigenvalue weighted by atomic mass is 16.5. The van der Waals surface area contributed by atoms with Crippen LogP contribution in [0.5, 0.6) is 0 Å². The van der Waals surface area contributed by atoms with Gasteiger partial charge in [0, 0.05) is 5.92 Å². The van der Waals surface area contributed by atoms with Gasteiger partial charge in [-0.15, -0.1) is 0 Å². The van der Waals surface area contributed by atoms with Crippen LogP contribution in [0.15, 0.2) is 11.1 Å². The summed E-state index contributed by atoms with van der Waals surface area (Å²) in [5.41, 5.74) is 0.868. The maximum Gasteiger partial charge on any atom is 0.336 e. The molecule has 0 radical (unpaired) electrons. The SMILES string of the molecule is COC(=O)C1=C(C(=O)OC)C2(N3CCCC3)CCCC12. The fourth-order valence-electron chi connectivity index (χ4n) is 4.40. The van der Waals surface area contributed by atoms with Gasteiger partial charge < -0.3 is 9.47 Å². The molecule has 3 aliphatic rings. The Morgan fingerprint density at radius 2 is 1.75 bits per heavy atom. The second-order valence-electron chi connectivity index (χ2n) is 5.84. The molecule has 0 aromatic heterocycles. The first-order valence-corrected chi connectivity index (χ1v) is 7.33. The van der Waals surface area contributed by atoms with Crippen LogP contribution in [0.4, 0.5) is 0 Å². The lowest BCUT2D eigenvalue weighted by molar-refractivity contribution is -0.144. The quantitative estimate of drug-likeness (QED) is 0.728. The van der Waals surface area contributed by atoms with Gasteiger partial charge in [-0.3, -0.25) is 4.90 Å². The molecule has 1 aliphatic heterocycles. The van der Waals surface area contributed by atoms with Gasteiger partial charge in [-0.25, -0.2) is 9.59 Å². The molecule has 2 aliphatic carbocycles. The highest BCUT2D eigenvalue weighted by Crippen LogP contribution is 2.59. The van der Waals surface area contributed by atoms with Gasteiger partial charge in [-0.1, -0.05) is 6.42 Å². The molecule has 1 saturated heterocycles. The Bertz CT molecular complexity index is 478. The van der Waals surface area contributed by atoms with E-state index in [1.807, 2.05) is 0 Å². The smallest absolute Gasteiger partial charge is 0.336 e. The summed E-state index contributed by atoms with van der Waals surface area (Å²) in [6.07, 6.45) is 5.28. The van der Waals surface area contributed by atoms with Gasteiger partial charge in [0.05, 0.1) is 30.9 Å². The zero-order valence-corrected chi connectivity index (χ0v) is 12.1. The molecule has 0 amide bonds. The van der Waals surface area contributed by atoms with Crippen molar-refractivity contribution < 1.29 is 19.1 Å². The second-order valence-corrected chi connectivity index (χ2v) is 5.84. The second kappa shape index (κ2) is 4.88. The molecule has 2 unspecified atom stereocenters. The first-order valence-electron chi connectivity index (χ1n) is 7.33. The van der Waals surface area contributed by atoms with Crippen LogP contribution in [0.25, 0.3) is 0 Å². The Kier molecular flexibility index (Phi) is 3.32. The summed E-state index contributed by atoms with van der Waals surface area (Å²) in [4.78, 5) is 26.6. The number of carbonyl (C=O) groups is 2. The van der Waals surface area contributed by atoms with E-state index in [-0.39, 0.29) is 23.4 Å². The Balaban J connectivity index is 2.05. The van der Waals surface area contributed by atoms with Crippen LogP contribution in [-0.4, -0.2) is 49.7 Å². The van der Waals surface area contributed by atoms with Crippen LogP contribution >= 0.6 is 0 Å². The summed E-state index contributed by atoms with van der Waals surface area (Å²) in [5.74, 6) is -0.593. The van der Waals surface area contributed by atoms with E-state index in [1.54, 1.807) is 0 Å². The molecule has 0 bridgehead atoms. The maximum atomic E-state index is 12.2. The van der Waals surface area contributed by atoms with Gasteiger partial charge >= 0.3 is 11.9 Å². The number of methoxy groups -OCH3 is 2. The number of carbonyl (C=O) groups excluding carboxylic acids is 2. The maximum absolute atomic E-state index is 12.2. The zero-order chi connectivity index (χ0) is 14.3. The number of likely N-dealkylation sites (tertiary alicyclic amines) is 1. The molecule has 20 heavy (non-hydrogen) atoms. The molecule has 0 N–H and O–H groups in total. The Morgan fingerprint density at radius 3 is 2.35 bits per heavy atom. The number of hydrogen-bond donors (Lipinski definition) is 0. The number of esters is 2. The summed E-state index contributed by atoms with van der Waals surface area (Å²) < 4.78 is 9.81. The molecule has 5 heteroatoms. The molecule has 2 atom stereocenters. The molecule has 0 aromatic rings. The average Bonchev–Trinajstić information content (AvgIpc) is 3.08. The minimum Gasteiger partial charge on any atom is -0.466 e. The van der Waals surface area contributed by atoms with Crippen molar-refractivity contribution in [1.29, 1.82) is 0 Å². The predicted octanol–water partition coefficient (Wildman–Crippen LogP) is 1.28. The molecule has 110 valence electrons. The standard InChI is InChI=1S/C15H21NO4/c1-19-13(17)11-10-6-5-7-15(10,12(11)14(18)20-2)16-8-3-4-9-16/h10H,3-9H2,1-2H3. The molecule has 2 fully saturated rings. The van der Waals surface area contributed by atoms with E-state index in [0.717, 1.165) is 45.2 Å². The third kappa shape index (κ3) is 1.59. The monoisotopic (exact) mass is 279 g/mol. The number of hydrogen-bond acceptors (Lipinski definition) is 5. The minimum atomic E-state index is -0.368. The highest BCUT2D eigenvalue weighted by molar-refractivity contribution is 6.06. The topological polar surface area (TPSA) is 55.8 Å². The lowest BCUT2D eigenvalue weighted by Crippen LogP contribution is -2.61. The number of ether oxygens (including phenoxy) is 2. The summed E-state index contributed by atoms with van der Waals surface area (Å²) >= 11 is 0. The molecule has 0 spiro atoms. The lowest BCUT2D eigenvalue weighted by atomic mass is 9.62. The van der Waals surface area contributed by atoms with Gasteiger partial charge in [-0.05, 0) is 38.8 Å². The lowest BCUT2D eigenvalue weighted by Gasteiger charge is -2.52. The third-order valence-electron chi connectivity index (χ3n) is 5.14. The molecule has 3 rings (SSSR count). The Hall–Kier alpha value is -1.36. The van der Waals surface area contributed by atoms with Crippen LogP contribution in [0, 0.1) is 5.92 Å². The van der Waals surface area contributed by atoms with E-state index in [0.29, 0.717) is 11.1 Å². The fraction of sp³-hybridized carbons (Fsp3) is 0.733. The van der Waals surface area contributed by atoms with Crippen LogP contribution in [0.2, 0.25) is 0 Å². The number of rotatable bonds is 3. The summed E-state index contributed by atoms with van der Waals surface area (Å²) in [6.45, 7) is 2.01. The minimum absolute atomic E-state index is 0.141. The van der Waals surface area contributed by atoms with Crippen molar-refractivity contribution in [2.24, 2.45) is 5.92 Å². The first kappa shape index (κ1) is 13.6. The van der Waals surface area contributed by atoms with Gasteiger partial charge in [-0.2, -0.15) is 0 Å². The van der Waals surface area contributed by atoms with Crippen molar-refractivity contribution in [3.8, 4) is 0 Å². The highest BCUT2D eigenvalue weighted by Gasteiger charge is 2.64. The molecule has 0 aromatic carbocycles. The van der Waals surface area contributed by atoms with Crippen LogP contribution in [0.1, 0.15) is 32.1 Å². The van der Waals surface area contributed by atoms with Crippen molar-refractivity contribution in [2.45, 2.75) is 37.6 Å². The number of nitrogens with zero attached hydrogens (tertiary/aromatic N) is 1. The normalized spacial score (nSPS) is 32.8. The van der Waals surface area contributed by atoms with Crippen LogP contribution in [-0.2, 0) is 19.1 Å². The summed E-state index contributed by atoms with van der Waals surface area (Å²) in [7, 11) is 2.75. The molecule has 1 heterocycles. The summed E-state index contributed by atoms with van der Waals surface area (Å²) in [6, 6.07) is 0. The molecular weight excluding hydrogens is 258 g/mol. The zero-order valence-electron chi connectivity index (χ0n) is 12.1. The van der Waals surface area contributed by atoms with Crippen molar-refractivity contribution in [2.75, 3.05) is 27.3 Å². The van der Waals surface area contributed by atoms with Crippen molar-refractivity contribution in [3.63, 3.8) is 0 Å². The first-order chi connectivity index (χ1) is 9.66. The molecular formula is C15H21NO4. The number of fused-ring (bicyclic) bond motifs is 1.